The summed E-state index contributed by atoms with van der Waals surface area (Å²) in [6, 6.07) is 0.572. The van der Waals surface area contributed by atoms with Gasteiger partial charge in [0.1, 0.15) is 23.6 Å². The van der Waals surface area contributed by atoms with Gasteiger partial charge in [0.25, 0.3) is 0 Å². The van der Waals surface area contributed by atoms with Crippen molar-refractivity contribution < 1.29 is 36.6 Å². The molecule has 1 saturated heterocycles. The smallest absolute Gasteiger partial charge is 0.430 e. The van der Waals surface area contributed by atoms with Crippen LogP contribution in [0.15, 0.2) is 12.3 Å². The highest BCUT2D eigenvalue weighted by Crippen LogP contribution is 2.47. The Morgan fingerprint density at radius 2 is 1.97 bits per heavy atom. The molecule has 4 heterocycles. The van der Waals surface area contributed by atoms with Gasteiger partial charge in [-0.05, 0) is 46.1 Å². The van der Waals surface area contributed by atoms with Crippen molar-refractivity contribution in [3.05, 3.63) is 29.1 Å². The van der Waals surface area contributed by atoms with Crippen molar-refractivity contribution in [2.24, 2.45) is 0 Å². The van der Waals surface area contributed by atoms with Crippen LogP contribution in [-0.4, -0.2) is 62.9 Å². The van der Waals surface area contributed by atoms with E-state index in [1.54, 1.807) is 20.8 Å². The molecule has 3 aliphatic rings. The van der Waals surface area contributed by atoms with E-state index in [4.69, 9.17) is 4.74 Å². The normalized spacial score (nSPS) is 23.7. The van der Waals surface area contributed by atoms with Crippen LogP contribution in [0.3, 0.4) is 0 Å². The molecule has 36 heavy (non-hydrogen) atoms. The van der Waals surface area contributed by atoms with Crippen LogP contribution < -0.4 is 5.32 Å². The molecule has 9 nitrogen and oxygen atoms in total. The monoisotopic (exact) mass is 511 g/mol. The van der Waals surface area contributed by atoms with Gasteiger partial charge in [0.15, 0.2) is 0 Å². The fourth-order valence-corrected chi connectivity index (χ4v) is 4.98. The molecule has 1 N–H and O–H groups in total. The van der Waals surface area contributed by atoms with Gasteiger partial charge in [0, 0.05) is 29.6 Å². The predicted octanol–water partition coefficient (Wildman–Crippen LogP) is 4.73. The molecule has 2 aromatic rings. The first-order valence-corrected chi connectivity index (χ1v) is 11.6. The third-order valence-corrected chi connectivity index (χ3v) is 6.39. The summed E-state index contributed by atoms with van der Waals surface area (Å²) in [4.78, 5) is 29.4. The number of nitrogens with zero attached hydrogens (tertiary/aromatic N) is 4. The molecule has 13 heteroatoms. The standard InChI is InChI=1S/C23H25F4N5O4/c1-22(2,3)36-21(34)31-9-13(24)15(10-31)32-14-6-4-5-11(14)17(30-32)12-7-8-28-19-16(12)18(23(25,26)27)35-20(33)29-19/h7-8,13,15,18H,4-6,9-10H2,1-3H3,(H,28,29,33)/t13-,15+,18-/m1/s1. The third kappa shape index (κ3) is 4.24. The summed E-state index contributed by atoms with van der Waals surface area (Å²) in [6.45, 7) is 4.99. The molecule has 194 valence electrons. The van der Waals surface area contributed by atoms with Crippen molar-refractivity contribution in [1.82, 2.24) is 19.7 Å². The number of anilines is 1. The Morgan fingerprint density at radius 3 is 2.67 bits per heavy atom. The van der Waals surface area contributed by atoms with E-state index in [1.165, 1.54) is 21.8 Å². The lowest BCUT2D eigenvalue weighted by atomic mass is 9.97. The number of alkyl halides is 4. The topological polar surface area (TPSA) is 98.6 Å². The van der Waals surface area contributed by atoms with E-state index < -0.39 is 42.3 Å². The zero-order chi connectivity index (χ0) is 26.0. The number of fused-ring (bicyclic) bond motifs is 2. The van der Waals surface area contributed by atoms with Crippen LogP contribution in [0.4, 0.5) is 33.0 Å². The maximum Gasteiger partial charge on any atom is 0.430 e. The average molecular weight is 511 g/mol. The molecule has 1 fully saturated rings. The van der Waals surface area contributed by atoms with Crippen molar-refractivity contribution in [2.45, 2.75) is 70.1 Å². The van der Waals surface area contributed by atoms with Crippen LogP contribution in [-0.2, 0) is 22.3 Å². The van der Waals surface area contributed by atoms with Crippen molar-refractivity contribution >= 4 is 18.0 Å². The van der Waals surface area contributed by atoms with E-state index in [0.717, 1.165) is 12.1 Å². The summed E-state index contributed by atoms with van der Waals surface area (Å²) in [6.07, 6.45) is -7.60. The number of pyridine rings is 1. The molecule has 2 aliphatic heterocycles. The second-order valence-electron chi connectivity index (χ2n) is 10.1. The molecule has 2 amide bonds. The maximum absolute atomic E-state index is 15.2. The van der Waals surface area contributed by atoms with E-state index >= 15 is 4.39 Å². The molecule has 3 atom stereocenters. The van der Waals surface area contributed by atoms with E-state index in [9.17, 15) is 22.8 Å². The first-order valence-electron chi connectivity index (χ1n) is 11.6. The van der Waals surface area contributed by atoms with Crippen molar-refractivity contribution in [2.75, 3.05) is 18.4 Å². The number of hydrogen-bond donors (Lipinski definition) is 1. The van der Waals surface area contributed by atoms with Crippen LogP contribution in [0.2, 0.25) is 0 Å². The fraction of sp³-hybridized carbons (Fsp3) is 0.565. The molecule has 5 rings (SSSR count). The molecule has 0 bridgehead atoms. The third-order valence-electron chi connectivity index (χ3n) is 6.39. The number of carbonyl (C=O) groups excluding carboxylic acids is 2. The van der Waals surface area contributed by atoms with Gasteiger partial charge in [0.2, 0.25) is 6.10 Å². The predicted molar refractivity (Wildman–Crippen MR) is 118 cm³/mol. The second-order valence-corrected chi connectivity index (χ2v) is 10.1. The first-order chi connectivity index (χ1) is 16.8. The zero-order valence-electron chi connectivity index (χ0n) is 19.9. The molecule has 0 radical (unpaired) electrons. The fourth-order valence-electron chi connectivity index (χ4n) is 4.98. The number of hydrogen-bond acceptors (Lipinski definition) is 6. The molecule has 0 saturated carbocycles. The highest BCUT2D eigenvalue weighted by molar-refractivity contribution is 5.89. The summed E-state index contributed by atoms with van der Waals surface area (Å²) in [5.41, 5.74) is 0.716. The lowest BCUT2D eigenvalue weighted by molar-refractivity contribution is -0.206. The lowest BCUT2D eigenvalue weighted by Crippen LogP contribution is -2.35. The first kappa shape index (κ1) is 24.3. The minimum absolute atomic E-state index is 0.0163. The van der Waals surface area contributed by atoms with Gasteiger partial charge in [0.05, 0.1) is 17.8 Å². The number of rotatable bonds is 2. The lowest BCUT2D eigenvalue weighted by Gasteiger charge is -2.28. The van der Waals surface area contributed by atoms with Crippen molar-refractivity contribution in [3.8, 4) is 11.3 Å². The Bertz CT molecular complexity index is 1220. The Kier molecular flexibility index (Phi) is 5.63. The van der Waals surface area contributed by atoms with Gasteiger partial charge in [-0.15, -0.1) is 0 Å². The maximum atomic E-state index is 15.2. The summed E-state index contributed by atoms with van der Waals surface area (Å²) in [7, 11) is 0. The summed E-state index contributed by atoms with van der Waals surface area (Å²) >= 11 is 0. The molecule has 1 aliphatic carbocycles. The van der Waals surface area contributed by atoms with Crippen molar-refractivity contribution in [3.63, 3.8) is 0 Å². The summed E-state index contributed by atoms with van der Waals surface area (Å²) in [5, 5.41) is 6.80. The number of ether oxygens (including phenoxy) is 2. The number of nitrogens with one attached hydrogen (secondary N) is 1. The molecule has 0 spiro atoms. The van der Waals surface area contributed by atoms with Gasteiger partial charge in [-0.2, -0.15) is 18.3 Å². The molecule has 0 aromatic carbocycles. The number of carbonyl (C=O) groups is 2. The van der Waals surface area contributed by atoms with Gasteiger partial charge in [-0.1, -0.05) is 0 Å². The van der Waals surface area contributed by atoms with Gasteiger partial charge >= 0.3 is 18.4 Å². The molecular formula is C23H25F4N5O4. The number of halogens is 4. The average Bonchev–Trinajstić information content (AvgIpc) is 3.46. The van der Waals surface area contributed by atoms with Crippen LogP contribution in [0, 0.1) is 0 Å². The minimum Gasteiger partial charge on any atom is -0.444 e. The van der Waals surface area contributed by atoms with Crippen LogP contribution in [0.1, 0.15) is 56.2 Å². The van der Waals surface area contributed by atoms with Crippen LogP contribution in [0.25, 0.3) is 11.3 Å². The Morgan fingerprint density at radius 1 is 1.22 bits per heavy atom. The SMILES string of the molecule is CC(C)(C)OC(=O)N1C[C@@H](F)[C@@H](n2nc(-c3ccnc4c3[C@H](C(F)(F)F)OC(=O)N4)c3c2CCC3)C1. The van der Waals surface area contributed by atoms with E-state index in [2.05, 4.69) is 20.1 Å². The highest BCUT2D eigenvalue weighted by atomic mass is 19.4. The largest absolute Gasteiger partial charge is 0.444 e. The van der Waals surface area contributed by atoms with Crippen molar-refractivity contribution in [1.29, 1.82) is 0 Å². The highest BCUT2D eigenvalue weighted by Gasteiger charge is 2.50. The quantitative estimate of drug-likeness (QED) is 0.586. The number of aromatic nitrogens is 3. The second kappa shape index (κ2) is 8.34. The molecule has 0 unspecified atom stereocenters. The number of cyclic esters (lactones) is 1. The van der Waals surface area contributed by atoms with Crippen LogP contribution >= 0.6 is 0 Å². The molecule has 2 aromatic heterocycles. The Balaban J connectivity index is 1.55. The zero-order valence-corrected chi connectivity index (χ0v) is 19.9. The Labute approximate surface area is 203 Å². The number of likely N-dealkylation sites (tertiary alicyclic amines) is 1. The summed E-state index contributed by atoms with van der Waals surface area (Å²) < 4.78 is 68.2. The van der Waals surface area contributed by atoms with E-state index in [0.29, 0.717) is 18.4 Å². The number of amides is 2. The Hall–Kier alpha value is -3.38. The van der Waals surface area contributed by atoms with Gasteiger partial charge < -0.3 is 14.4 Å². The molecular weight excluding hydrogens is 486 g/mol. The van der Waals surface area contributed by atoms with Crippen LogP contribution in [0.5, 0.6) is 0 Å². The van der Waals surface area contributed by atoms with Gasteiger partial charge in [-0.25, -0.2) is 19.0 Å². The van der Waals surface area contributed by atoms with Gasteiger partial charge in [-0.3, -0.25) is 10.00 Å². The van der Waals surface area contributed by atoms with E-state index in [-0.39, 0.29) is 35.7 Å². The summed E-state index contributed by atoms with van der Waals surface area (Å²) in [5.74, 6) is -0.257. The van der Waals surface area contributed by atoms with E-state index in [1.807, 2.05) is 0 Å². The minimum atomic E-state index is -4.88.